The summed E-state index contributed by atoms with van der Waals surface area (Å²) in [5.41, 5.74) is 0.901. The number of aliphatic imine (C=N–C) groups is 1. The number of rotatable bonds is 5. The molecule has 8 nitrogen and oxygen atoms in total. The van der Waals surface area contributed by atoms with E-state index in [1.807, 2.05) is 35.8 Å². The van der Waals surface area contributed by atoms with E-state index in [4.69, 9.17) is 4.74 Å². The van der Waals surface area contributed by atoms with Gasteiger partial charge in [-0.2, -0.15) is 11.8 Å². The summed E-state index contributed by atoms with van der Waals surface area (Å²) in [7, 11) is 0. The van der Waals surface area contributed by atoms with Crippen molar-refractivity contribution in [1.82, 2.24) is 24.6 Å². The zero-order chi connectivity index (χ0) is 20.4. The molecule has 0 bridgehead atoms. The fraction of sp³-hybridized carbons (Fsp3) is 0.600. The lowest BCUT2D eigenvalue weighted by Gasteiger charge is -2.27. The number of H-pyrrole nitrogens is 1. The van der Waals surface area contributed by atoms with Crippen molar-refractivity contribution in [3.05, 3.63) is 23.9 Å². The van der Waals surface area contributed by atoms with Crippen LogP contribution in [-0.2, 0) is 4.74 Å². The van der Waals surface area contributed by atoms with Crippen LogP contribution >= 0.6 is 11.8 Å². The van der Waals surface area contributed by atoms with Crippen molar-refractivity contribution < 1.29 is 9.53 Å². The summed E-state index contributed by atoms with van der Waals surface area (Å²) in [4.78, 5) is 21.6. The minimum Gasteiger partial charge on any atom is -0.446 e. The molecule has 4 rings (SSSR count). The Morgan fingerprint density at radius 2 is 2.17 bits per heavy atom. The second-order valence-corrected chi connectivity index (χ2v) is 8.89. The standard InChI is InChI=1S/C20H28N6O2S/c1-4-14-11-15(28-20(27)25-7-9-29-10-8-25)12-16(14)19-24-23-13(2)26(19)17-5-6-22-18(17)21-3/h5-6,14-16,22H,3-4,7-12H2,1-2H3/t14-,15+,16+/m1/s1. The third kappa shape index (κ3) is 3.92. The molecule has 2 aromatic heterocycles. The number of carbonyl (C=O) groups excluding carboxylic acids is 1. The van der Waals surface area contributed by atoms with Gasteiger partial charge in [-0.25, -0.2) is 9.79 Å². The average molecular weight is 417 g/mol. The number of nitrogens with one attached hydrogen (secondary N) is 1. The van der Waals surface area contributed by atoms with E-state index in [0.717, 1.165) is 61.2 Å². The molecule has 1 aliphatic carbocycles. The Morgan fingerprint density at radius 3 is 2.90 bits per heavy atom. The molecule has 0 radical (unpaired) electrons. The van der Waals surface area contributed by atoms with Crippen molar-refractivity contribution in [1.29, 1.82) is 0 Å². The zero-order valence-electron chi connectivity index (χ0n) is 17.0. The maximum atomic E-state index is 12.6. The summed E-state index contributed by atoms with van der Waals surface area (Å²) >= 11 is 1.88. The van der Waals surface area contributed by atoms with E-state index in [2.05, 4.69) is 38.4 Å². The highest BCUT2D eigenvalue weighted by Gasteiger charge is 2.40. The highest BCUT2D eigenvalue weighted by Crippen LogP contribution is 2.43. The molecule has 2 fully saturated rings. The van der Waals surface area contributed by atoms with E-state index in [0.29, 0.717) is 11.7 Å². The maximum absolute atomic E-state index is 12.6. The Morgan fingerprint density at radius 1 is 1.38 bits per heavy atom. The first-order valence-electron chi connectivity index (χ1n) is 10.2. The van der Waals surface area contributed by atoms with Crippen LogP contribution in [0.15, 0.2) is 17.3 Å². The van der Waals surface area contributed by atoms with Crippen LogP contribution in [-0.4, -0.2) is 68.2 Å². The van der Waals surface area contributed by atoms with Gasteiger partial charge in [-0.3, -0.25) is 4.57 Å². The predicted octanol–water partition coefficient (Wildman–Crippen LogP) is 3.69. The van der Waals surface area contributed by atoms with Gasteiger partial charge in [-0.05, 0) is 38.5 Å². The number of carbonyl (C=O) groups is 1. The summed E-state index contributed by atoms with van der Waals surface area (Å²) in [5.74, 6) is 4.97. The third-order valence-corrected chi connectivity index (χ3v) is 6.94. The van der Waals surface area contributed by atoms with E-state index >= 15 is 0 Å². The van der Waals surface area contributed by atoms with E-state index in [1.165, 1.54) is 0 Å². The predicted molar refractivity (Wildman–Crippen MR) is 115 cm³/mol. The van der Waals surface area contributed by atoms with Gasteiger partial charge in [-0.1, -0.05) is 13.3 Å². The van der Waals surface area contributed by atoms with Crippen LogP contribution < -0.4 is 0 Å². The molecule has 156 valence electrons. The Balaban J connectivity index is 1.54. The zero-order valence-corrected chi connectivity index (χ0v) is 17.8. The van der Waals surface area contributed by atoms with Gasteiger partial charge in [0.05, 0.1) is 5.69 Å². The molecule has 29 heavy (non-hydrogen) atoms. The first kappa shape index (κ1) is 20.0. The highest BCUT2D eigenvalue weighted by atomic mass is 32.2. The van der Waals surface area contributed by atoms with Crippen molar-refractivity contribution in [2.24, 2.45) is 10.9 Å². The number of hydrogen-bond acceptors (Lipinski definition) is 6. The number of thioether (sulfide) groups is 1. The van der Waals surface area contributed by atoms with Crippen molar-refractivity contribution in [3.8, 4) is 5.69 Å². The topological polar surface area (TPSA) is 88.4 Å². The van der Waals surface area contributed by atoms with Gasteiger partial charge in [0.15, 0.2) is 5.82 Å². The van der Waals surface area contributed by atoms with Crippen molar-refractivity contribution >= 4 is 30.4 Å². The van der Waals surface area contributed by atoms with Crippen molar-refractivity contribution in [3.63, 3.8) is 0 Å². The molecule has 1 N–H and O–H groups in total. The number of aromatic amines is 1. The molecule has 9 heteroatoms. The second kappa shape index (κ2) is 8.61. The Hall–Kier alpha value is -2.29. The summed E-state index contributed by atoms with van der Waals surface area (Å²) in [5, 5.41) is 8.85. The van der Waals surface area contributed by atoms with Gasteiger partial charge < -0.3 is 14.6 Å². The largest absolute Gasteiger partial charge is 0.446 e. The van der Waals surface area contributed by atoms with Gasteiger partial charge >= 0.3 is 6.09 Å². The van der Waals surface area contributed by atoms with Crippen LogP contribution in [0, 0.1) is 12.8 Å². The Bertz CT molecular complexity index is 872. The third-order valence-electron chi connectivity index (χ3n) is 6.00. The SMILES string of the molecule is C=Nc1[nH]ccc1-n1c(C)nnc1[C@H]1C[C@@H](OC(=O)N2CCSCC2)C[C@H]1CC. The number of aryl methyl sites for hydroxylation is 1. The molecule has 0 aromatic carbocycles. The number of ether oxygens (including phenoxy) is 1. The summed E-state index contributed by atoms with van der Waals surface area (Å²) < 4.78 is 7.96. The van der Waals surface area contributed by atoms with Gasteiger partial charge in [0.2, 0.25) is 0 Å². The molecule has 0 spiro atoms. The van der Waals surface area contributed by atoms with Crippen LogP contribution in [0.2, 0.25) is 0 Å². The molecule has 1 aliphatic heterocycles. The molecular formula is C20H28N6O2S. The normalized spacial score (nSPS) is 24.6. The quantitative estimate of drug-likeness (QED) is 0.751. The number of hydrogen-bond donors (Lipinski definition) is 1. The number of aromatic nitrogens is 4. The highest BCUT2D eigenvalue weighted by molar-refractivity contribution is 7.99. The van der Waals surface area contributed by atoms with Gasteiger partial charge in [0.25, 0.3) is 0 Å². The smallest absolute Gasteiger partial charge is 0.410 e. The minimum atomic E-state index is -0.174. The number of nitrogens with zero attached hydrogens (tertiary/aromatic N) is 5. The monoisotopic (exact) mass is 416 g/mol. The molecule has 2 aromatic rings. The van der Waals surface area contributed by atoms with E-state index < -0.39 is 0 Å². The minimum absolute atomic E-state index is 0.0827. The van der Waals surface area contributed by atoms with Crippen molar-refractivity contribution in [2.75, 3.05) is 24.6 Å². The van der Waals surface area contributed by atoms with Crippen LogP contribution in [0.25, 0.3) is 5.69 Å². The van der Waals surface area contributed by atoms with Crippen LogP contribution in [0.5, 0.6) is 0 Å². The molecule has 0 unspecified atom stereocenters. The molecule has 1 saturated carbocycles. The molecule has 3 heterocycles. The van der Waals surface area contributed by atoms with Crippen LogP contribution in [0.4, 0.5) is 10.6 Å². The number of amides is 1. The molecule has 1 amide bonds. The van der Waals surface area contributed by atoms with Gasteiger partial charge in [0.1, 0.15) is 17.8 Å². The molecule has 3 atom stereocenters. The fourth-order valence-electron chi connectivity index (χ4n) is 4.48. The molecule has 2 aliphatic rings. The van der Waals surface area contributed by atoms with Crippen LogP contribution in [0.3, 0.4) is 0 Å². The lowest BCUT2D eigenvalue weighted by molar-refractivity contribution is 0.0658. The second-order valence-electron chi connectivity index (χ2n) is 7.66. The van der Waals surface area contributed by atoms with Crippen LogP contribution in [0.1, 0.15) is 43.8 Å². The maximum Gasteiger partial charge on any atom is 0.410 e. The Labute approximate surface area is 175 Å². The summed E-state index contributed by atoms with van der Waals surface area (Å²) in [6, 6.07) is 1.96. The summed E-state index contributed by atoms with van der Waals surface area (Å²) in [6.07, 6.45) is 4.22. The van der Waals surface area contributed by atoms with E-state index in [9.17, 15) is 4.79 Å². The van der Waals surface area contributed by atoms with E-state index in [-0.39, 0.29) is 18.1 Å². The lowest BCUT2D eigenvalue weighted by atomic mass is 9.93. The lowest BCUT2D eigenvalue weighted by Crippen LogP contribution is -2.39. The van der Waals surface area contributed by atoms with Gasteiger partial charge in [-0.15, -0.1) is 10.2 Å². The first-order chi connectivity index (χ1) is 14.1. The molecular weight excluding hydrogens is 388 g/mol. The Kier molecular flexibility index (Phi) is 5.94. The van der Waals surface area contributed by atoms with E-state index in [1.54, 1.807) is 0 Å². The van der Waals surface area contributed by atoms with Crippen molar-refractivity contribution in [2.45, 2.75) is 45.1 Å². The summed E-state index contributed by atoms with van der Waals surface area (Å²) in [6.45, 7) is 9.33. The fourth-order valence-corrected chi connectivity index (χ4v) is 5.38. The first-order valence-corrected chi connectivity index (χ1v) is 11.4. The average Bonchev–Trinajstić information content (AvgIpc) is 3.45. The molecule has 1 saturated heterocycles. The van der Waals surface area contributed by atoms with Gasteiger partial charge in [0, 0.05) is 36.7 Å².